The lowest BCUT2D eigenvalue weighted by atomic mass is 9.87. The molecule has 0 N–H and O–H groups in total. The molecule has 1 atom stereocenters. The normalized spacial score (nSPS) is 14.9. The molecule has 5 nitrogen and oxygen atoms in total. The van der Waals surface area contributed by atoms with Crippen LogP contribution in [0.3, 0.4) is 0 Å². The fourth-order valence-corrected chi connectivity index (χ4v) is 5.42. The standard InChI is InChI=1S/C28H25FN2O3S/c1-33-24-14-19-11-12-31(27(18-7-4-3-5-8-18)23(19)16-25(24)34-2)26(32)15-22-17-35-28(30-22)20-9-6-10-21(29)13-20/h3-10,13-14,16-17,27H,11-12,15H2,1-2H3. The molecule has 5 rings (SSSR count). The highest BCUT2D eigenvalue weighted by molar-refractivity contribution is 7.13. The summed E-state index contributed by atoms with van der Waals surface area (Å²) in [4.78, 5) is 20.2. The van der Waals surface area contributed by atoms with Crippen LogP contribution in [0.1, 0.15) is 28.4 Å². The third-order valence-electron chi connectivity index (χ3n) is 6.27. The molecule has 3 aromatic carbocycles. The lowest BCUT2D eigenvalue weighted by Crippen LogP contribution is -2.41. The molecule has 1 aromatic heterocycles. The van der Waals surface area contributed by atoms with Crippen molar-refractivity contribution in [3.63, 3.8) is 0 Å². The third-order valence-corrected chi connectivity index (χ3v) is 7.21. The Morgan fingerprint density at radius 2 is 1.83 bits per heavy atom. The van der Waals surface area contributed by atoms with Crippen molar-refractivity contribution in [2.75, 3.05) is 20.8 Å². The van der Waals surface area contributed by atoms with Crippen LogP contribution in [0, 0.1) is 5.82 Å². The van der Waals surface area contributed by atoms with E-state index < -0.39 is 0 Å². The van der Waals surface area contributed by atoms with E-state index in [4.69, 9.17) is 9.47 Å². The van der Waals surface area contributed by atoms with Crippen molar-refractivity contribution in [1.29, 1.82) is 0 Å². The number of halogens is 1. The van der Waals surface area contributed by atoms with Gasteiger partial charge in [-0.2, -0.15) is 0 Å². The maximum Gasteiger partial charge on any atom is 0.229 e. The molecule has 1 amide bonds. The summed E-state index contributed by atoms with van der Waals surface area (Å²) in [5, 5.41) is 2.58. The number of aromatic nitrogens is 1. The van der Waals surface area contributed by atoms with E-state index in [0.717, 1.165) is 23.1 Å². The summed E-state index contributed by atoms with van der Waals surface area (Å²) < 4.78 is 24.7. The molecule has 178 valence electrons. The maximum atomic E-state index is 13.6. The fourth-order valence-electron chi connectivity index (χ4n) is 4.61. The first-order chi connectivity index (χ1) is 17.1. The number of ether oxygens (including phenoxy) is 2. The van der Waals surface area contributed by atoms with E-state index in [1.165, 1.54) is 23.5 Å². The van der Waals surface area contributed by atoms with Crippen LogP contribution < -0.4 is 9.47 Å². The Bertz CT molecular complexity index is 1360. The molecule has 1 aliphatic heterocycles. The number of rotatable bonds is 6. The molecule has 0 fully saturated rings. The van der Waals surface area contributed by atoms with Gasteiger partial charge in [-0.25, -0.2) is 9.37 Å². The van der Waals surface area contributed by atoms with Crippen molar-refractivity contribution in [1.82, 2.24) is 9.88 Å². The van der Waals surface area contributed by atoms with Crippen LogP contribution in [0.15, 0.2) is 72.1 Å². The molecule has 7 heteroatoms. The number of fused-ring (bicyclic) bond motifs is 1. The smallest absolute Gasteiger partial charge is 0.229 e. The first-order valence-electron chi connectivity index (χ1n) is 11.4. The number of nitrogens with zero attached hydrogens (tertiary/aromatic N) is 2. The van der Waals surface area contributed by atoms with Gasteiger partial charge in [0, 0.05) is 17.5 Å². The van der Waals surface area contributed by atoms with Gasteiger partial charge in [0.05, 0.1) is 32.4 Å². The molecule has 2 heterocycles. The highest BCUT2D eigenvalue weighted by Gasteiger charge is 2.33. The molecule has 4 aromatic rings. The molecular formula is C28H25FN2O3S. The van der Waals surface area contributed by atoms with Gasteiger partial charge in [0.2, 0.25) is 5.91 Å². The summed E-state index contributed by atoms with van der Waals surface area (Å²) in [6.45, 7) is 0.585. The molecule has 1 aliphatic rings. The molecule has 0 saturated carbocycles. The topological polar surface area (TPSA) is 51.7 Å². The fraction of sp³-hybridized carbons (Fsp3) is 0.214. The SMILES string of the molecule is COc1cc2c(cc1OC)C(c1ccccc1)N(C(=O)Cc1csc(-c3cccc(F)c3)n1)CC2. The predicted molar refractivity (Wildman–Crippen MR) is 134 cm³/mol. The van der Waals surface area contributed by atoms with Crippen molar-refractivity contribution >= 4 is 17.2 Å². The lowest BCUT2D eigenvalue weighted by molar-refractivity contribution is -0.132. The van der Waals surface area contributed by atoms with Crippen molar-refractivity contribution in [3.05, 3.63) is 100 Å². The molecule has 0 spiro atoms. The van der Waals surface area contributed by atoms with Crippen LogP contribution in [-0.2, 0) is 17.6 Å². The van der Waals surface area contributed by atoms with E-state index in [1.807, 2.05) is 58.8 Å². The van der Waals surface area contributed by atoms with Crippen LogP contribution in [0.25, 0.3) is 10.6 Å². The Hall–Kier alpha value is -3.71. The summed E-state index contributed by atoms with van der Waals surface area (Å²) in [7, 11) is 3.25. The summed E-state index contributed by atoms with van der Waals surface area (Å²) in [6, 6.07) is 20.1. The Morgan fingerprint density at radius 3 is 2.57 bits per heavy atom. The van der Waals surface area contributed by atoms with Crippen molar-refractivity contribution < 1.29 is 18.7 Å². The molecule has 0 bridgehead atoms. The van der Waals surface area contributed by atoms with E-state index in [0.29, 0.717) is 34.3 Å². The van der Waals surface area contributed by atoms with Gasteiger partial charge in [-0.1, -0.05) is 42.5 Å². The number of carbonyl (C=O) groups excluding carboxylic acids is 1. The summed E-state index contributed by atoms with van der Waals surface area (Å²) >= 11 is 1.42. The molecule has 0 aliphatic carbocycles. The Balaban J connectivity index is 1.46. The van der Waals surface area contributed by atoms with Gasteiger partial charge in [0.25, 0.3) is 0 Å². The van der Waals surface area contributed by atoms with Gasteiger partial charge in [-0.05, 0) is 47.4 Å². The Kier molecular flexibility index (Phi) is 6.51. The number of hydrogen-bond acceptors (Lipinski definition) is 5. The van der Waals surface area contributed by atoms with Gasteiger partial charge in [-0.3, -0.25) is 4.79 Å². The van der Waals surface area contributed by atoms with Crippen LogP contribution >= 0.6 is 11.3 Å². The van der Waals surface area contributed by atoms with Gasteiger partial charge >= 0.3 is 0 Å². The average molecular weight is 489 g/mol. The zero-order valence-electron chi connectivity index (χ0n) is 19.5. The monoisotopic (exact) mass is 488 g/mol. The van der Waals surface area contributed by atoms with Crippen molar-refractivity contribution in [3.8, 4) is 22.1 Å². The molecule has 0 saturated heterocycles. The highest BCUT2D eigenvalue weighted by Crippen LogP contribution is 2.41. The largest absolute Gasteiger partial charge is 0.493 e. The molecular weight excluding hydrogens is 463 g/mol. The van der Waals surface area contributed by atoms with Crippen molar-refractivity contribution in [2.45, 2.75) is 18.9 Å². The zero-order valence-corrected chi connectivity index (χ0v) is 20.3. The van der Waals surface area contributed by atoms with Crippen LogP contribution in [-0.4, -0.2) is 36.6 Å². The first kappa shape index (κ1) is 23.1. The number of carbonyl (C=O) groups is 1. The van der Waals surface area contributed by atoms with Gasteiger partial charge in [0.1, 0.15) is 10.8 Å². The number of benzene rings is 3. The molecule has 0 radical (unpaired) electrons. The van der Waals surface area contributed by atoms with E-state index in [1.54, 1.807) is 20.3 Å². The Labute approximate surface area is 207 Å². The van der Waals surface area contributed by atoms with Crippen LogP contribution in [0.5, 0.6) is 11.5 Å². The number of thiazole rings is 1. The average Bonchev–Trinajstić information content (AvgIpc) is 3.36. The van der Waals surface area contributed by atoms with E-state index in [2.05, 4.69) is 4.98 Å². The molecule has 35 heavy (non-hydrogen) atoms. The summed E-state index contributed by atoms with van der Waals surface area (Å²) in [5.74, 6) is 1.02. The van der Waals surface area contributed by atoms with Gasteiger partial charge < -0.3 is 14.4 Å². The minimum atomic E-state index is -0.305. The quantitative estimate of drug-likeness (QED) is 0.350. The second kappa shape index (κ2) is 9.88. The van der Waals surface area contributed by atoms with Gasteiger partial charge in [0.15, 0.2) is 11.5 Å². The summed E-state index contributed by atoms with van der Waals surface area (Å²) in [5.41, 5.74) is 4.61. The zero-order chi connectivity index (χ0) is 24.4. The van der Waals surface area contributed by atoms with E-state index in [-0.39, 0.29) is 24.2 Å². The van der Waals surface area contributed by atoms with Crippen molar-refractivity contribution in [2.24, 2.45) is 0 Å². The Morgan fingerprint density at radius 1 is 1.06 bits per heavy atom. The van der Waals surface area contributed by atoms with Crippen LogP contribution in [0.4, 0.5) is 4.39 Å². The second-order valence-electron chi connectivity index (χ2n) is 8.39. The maximum absolute atomic E-state index is 13.6. The highest BCUT2D eigenvalue weighted by atomic mass is 32.1. The van der Waals surface area contributed by atoms with Crippen LogP contribution in [0.2, 0.25) is 0 Å². The third kappa shape index (κ3) is 4.64. The molecule has 1 unspecified atom stereocenters. The minimum absolute atomic E-state index is 0.00428. The predicted octanol–water partition coefficient (Wildman–Crippen LogP) is 5.68. The van der Waals surface area contributed by atoms with Gasteiger partial charge in [-0.15, -0.1) is 11.3 Å². The second-order valence-corrected chi connectivity index (χ2v) is 9.25. The van der Waals surface area contributed by atoms with E-state index >= 15 is 0 Å². The number of hydrogen-bond donors (Lipinski definition) is 0. The number of amides is 1. The first-order valence-corrected chi connectivity index (χ1v) is 12.2. The lowest BCUT2D eigenvalue weighted by Gasteiger charge is -2.38. The summed E-state index contributed by atoms with van der Waals surface area (Å²) in [6.07, 6.45) is 0.897. The number of methoxy groups -OCH3 is 2. The van der Waals surface area contributed by atoms with E-state index in [9.17, 15) is 9.18 Å². The minimum Gasteiger partial charge on any atom is -0.493 e.